The molecule has 3 amide bonds. The van der Waals surface area contributed by atoms with Gasteiger partial charge in [-0.25, -0.2) is 4.79 Å². The molecule has 0 atom stereocenters. The summed E-state index contributed by atoms with van der Waals surface area (Å²) >= 11 is 0. The molecule has 1 saturated carbocycles. The van der Waals surface area contributed by atoms with Crippen LogP contribution in [-0.2, 0) is 11.3 Å². The SMILES string of the molecule is CN1C(=O)N(Cc2ccccc2)C(=O)C12CC2. The van der Waals surface area contributed by atoms with Crippen LogP contribution in [0.5, 0.6) is 0 Å². The Morgan fingerprint density at radius 3 is 2.35 bits per heavy atom. The Hall–Kier alpha value is -1.84. The molecule has 3 rings (SSSR count). The van der Waals surface area contributed by atoms with Crippen molar-refractivity contribution in [2.24, 2.45) is 0 Å². The molecular weight excluding hydrogens is 216 g/mol. The van der Waals surface area contributed by atoms with E-state index >= 15 is 0 Å². The Bertz CT molecular complexity index is 479. The number of likely N-dealkylation sites (N-methyl/N-ethyl adjacent to an activating group) is 1. The summed E-state index contributed by atoms with van der Waals surface area (Å²) in [4.78, 5) is 27.1. The van der Waals surface area contributed by atoms with Crippen molar-refractivity contribution in [1.29, 1.82) is 0 Å². The standard InChI is InChI=1S/C13H14N2O2/c1-14-12(17)15(11(16)13(14)7-8-13)9-10-5-3-2-4-6-10/h2-6H,7-9H2,1H3. The fraction of sp³-hybridized carbons (Fsp3) is 0.385. The molecular formula is C13H14N2O2. The van der Waals surface area contributed by atoms with E-state index in [0.29, 0.717) is 6.54 Å². The number of benzene rings is 1. The molecule has 0 N–H and O–H groups in total. The maximum absolute atomic E-state index is 12.2. The molecule has 0 radical (unpaired) electrons. The molecule has 1 aliphatic carbocycles. The fourth-order valence-electron chi connectivity index (χ4n) is 2.42. The van der Waals surface area contributed by atoms with Gasteiger partial charge < -0.3 is 4.90 Å². The van der Waals surface area contributed by atoms with Crippen LogP contribution < -0.4 is 0 Å². The van der Waals surface area contributed by atoms with E-state index in [-0.39, 0.29) is 11.9 Å². The first kappa shape index (κ1) is 10.3. The molecule has 0 unspecified atom stereocenters. The Balaban J connectivity index is 1.85. The number of carbonyl (C=O) groups excluding carboxylic acids is 2. The van der Waals surface area contributed by atoms with Gasteiger partial charge in [0.25, 0.3) is 5.91 Å². The van der Waals surface area contributed by atoms with Crippen molar-refractivity contribution in [2.45, 2.75) is 24.9 Å². The van der Waals surface area contributed by atoms with Crippen LogP contribution in [0.25, 0.3) is 0 Å². The van der Waals surface area contributed by atoms with Gasteiger partial charge in [0.15, 0.2) is 0 Å². The molecule has 2 fully saturated rings. The van der Waals surface area contributed by atoms with Gasteiger partial charge in [-0.15, -0.1) is 0 Å². The van der Waals surface area contributed by atoms with Gasteiger partial charge >= 0.3 is 6.03 Å². The largest absolute Gasteiger partial charge is 0.327 e. The van der Waals surface area contributed by atoms with E-state index < -0.39 is 5.54 Å². The summed E-state index contributed by atoms with van der Waals surface area (Å²) in [5.74, 6) is -0.0335. The zero-order valence-electron chi connectivity index (χ0n) is 9.72. The highest BCUT2D eigenvalue weighted by Gasteiger charge is 2.63. The molecule has 2 aliphatic rings. The number of urea groups is 1. The van der Waals surface area contributed by atoms with Crippen LogP contribution in [-0.4, -0.2) is 34.3 Å². The molecule has 88 valence electrons. The second kappa shape index (κ2) is 3.32. The van der Waals surface area contributed by atoms with Crippen LogP contribution in [0.1, 0.15) is 18.4 Å². The Morgan fingerprint density at radius 2 is 1.82 bits per heavy atom. The lowest BCUT2D eigenvalue weighted by atomic mass is 10.2. The van der Waals surface area contributed by atoms with Crippen LogP contribution in [0, 0.1) is 0 Å². The lowest BCUT2D eigenvalue weighted by molar-refractivity contribution is -0.129. The minimum absolute atomic E-state index is 0.0335. The molecule has 1 aromatic rings. The molecule has 0 bridgehead atoms. The molecule has 17 heavy (non-hydrogen) atoms. The summed E-state index contributed by atoms with van der Waals surface area (Å²) in [5, 5.41) is 0. The van der Waals surface area contributed by atoms with Gasteiger partial charge in [0.2, 0.25) is 0 Å². The number of imide groups is 1. The molecule has 1 aliphatic heterocycles. The smallest absolute Gasteiger partial charge is 0.313 e. The molecule has 1 saturated heterocycles. The van der Waals surface area contributed by atoms with Crippen molar-refractivity contribution in [1.82, 2.24) is 9.80 Å². The highest BCUT2D eigenvalue weighted by Crippen LogP contribution is 2.47. The summed E-state index contributed by atoms with van der Waals surface area (Å²) in [6, 6.07) is 9.44. The lowest BCUT2D eigenvalue weighted by Gasteiger charge is -2.14. The quantitative estimate of drug-likeness (QED) is 0.724. The van der Waals surface area contributed by atoms with Crippen molar-refractivity contribution in [3.63, 3.8) is 0 Å². The average molecular weight is 230 g/mol. The van der Waals surface area contributed by atoms with Gasteiger partial charge in [0.1, 0.15) is 5.54 Å². The normalized spacial score (nSPS) is 21.5. The third kappa shape index (κ3) is 1.37. The van der Waals surface area contributed by atoms with E-state index in [1.807, 2.05) is 30.3 Å². The van der Waals surface area contributed by atoms with E-state index in [4.69, 9.17) is 0 Å². The third-order valence-electron chi connectivity index (χ3n) is 3.71. The van der Waals surface area contributed by atoms with Crippen molar-refractivity contribution in [3.05, 3.63) is 35.9 Å². The van der Waals surface area contributed by atoms with Crippen LogP contribution in [0.15, 0.2) is 30.3 Å². The van der Waals surface area contributed by atoms with Crippen LogP contribution in [0.4, 0.5) is 4.79 Å². The second-order valence-electron chi connectivity index (χ2n) is 4.75. The van der Waals surface area contributed by atoms with Crippen LogP contribution in [0.3, 0.4) is 0 Å². The summed E-state index contributed by atoms with van der Waals surface area (Å²) < 4.78 is 0. The van der Waals surface area contributed by atoms with Crippen LogP contribution >= 0.6 is 0 Å². The van der Waals surface area contributed by atoms with Crippen molar-refractivity contribution < 1.29 is 9.59 Å². The Labute approximate surface area is 99.8 Å². The minimum atomic E-state index is -0.494. The number of rotatable bonds is 2. The number of amides is 3. The summed E-state index contributed by atoms with van der Waals surface area (Å²) in [6.07, 6.45) is 1.61. The first-order chi connectivity index (χ1) is 8.15. The van der Waals surface area contributed by atoms with Gasteiger partial charge in [-0.2, -0.15) is 0 Å². The number of hydrogen-bond donors (Lipinski definition) is 0. The van der Waals surface area contributed by atoms with Crippen molar-refractivity contribution >= 4 is 11.9 Å². The number of nitrogens with zero attached hydrogens (tertiary/aromatic N) is 2. The summed E-state index contributed by atoms with van der Waals surface area (Å²) in [6.45, 7) is 0.380. The topological polar surface area (TPSA) is 40.6 Å². The van der Waals surface area contributed by atoms with Crippen LogP contribution in [0.2, 0.25) is 0 Å². The van der Waals surface area contributed by atoms with Gasteiger partial charge in [-0.3, -0.25) is 9.69 Å². The van der Waals surface area contributed by atoms with Gasteiger partial charge in [0, 0.05) is 7.05 Å². The Morgan fingerprint density at radius 1 is 1.18 bits per heavy atom. The zero-order valence-corrected chi connectivity index (χ0v) is 9.72. The highest BCUT2D eigenvalue weighted by atomic mass is 16.2. The molecule has 0 aromatic heterocycles. The Kier molecular flexibility index (Phi) is 2.02. The third-order valence-corrected chi connectivity index (χ3v) is 3.71. The first-order valence-corrected chi connectivity index (χ1v) is 5.79. The van der Waals surface area contributed by atoms with Crippen molar-refractivity contribution in [2.75, 3.05) is 7.05 Å². The maximum atomic E-state index is 12.2. The van der Waals surface area contributed by atoms with Gasteiger partial charge in [-0.1, -0.05) is 30.3 Å². The number of carbonyl (C=O) groups is 2. The van der Waals surface area contributed by atoms with E-state index in [1.54, 1.807) is 11.9 Å². The molecule has 4 heteroatoms. The predicted molar refractivity (Wildman–Crippen MR) is 62.1 cm³/mol. The highest BCUT2D eigenvalue weighted by molar-refractivity contribution is 6.08. The monoisotopic (exact) mass is 230 g/mol. The van der Waals surface area contributed by atoms with E-state index in [0.717, 1.165) is 18.4 Å². The van der Waals surface area contributed by atoms with Gasteiger partial charge in [-0.05, 0) is 18.4 Å². The zero-order chi connectivity index (χ0) is 12.0. The molecule has 1 aromatic carbocycles. The van der Waals surface area contributed by atoms with E-state index in [2.05, 4.69) is 0 Å². The summed E-state index contributed by atoms with van der Waals surface area (Å²) in [5.41, 5.74) is 0.492. The fourth-order valence-corrected chi connectivity index (χ4v) is 2.42. The van der Waals surface area contributed by atoms with Gasteiger partial charge in [0.05, 0.1) is 6.54 Å². The lowest BCUT2D eigenvalue weighted by Crippen LogP contribution is -2.33. The second-order valence-corrected chi connectivity index (χ2v) is 4.75. The number of hydrogen-bond acceptors (Lipinski definition) is 2. The van der Waals surface area contributed by atoms with E-state index in [9.17, 15) is 9.59 Å². The van der Waals surface area contributed by atoms with E-state index in [1.165, 1.54) is 4.90 Å². The minimum Gasteiger partial charge on any atom is -0.313 e. The first-order valence-electron chi connectivity index (χ1n) is 5.79. The average Bonchev–Trinajstić information content (AvgIpc) is 3.13. The predicted octanol–water partition coefficient (Wildman–Crippen LogP) is 1.61. The van der Waals surface area contributed by atoms with Crippen molar-refractivity contribution in [3.8, 4) is 0 Å². The maximum Gasteiger partial charge on any atom is 0.327 e. The molecule has 1 heterocycles. The molecule has 1 spiro atoms. The summed E-state index contributed by atoms with van der Waals surface area (Å²) in [7, 11) is 1.72. The molecule has 4 nitrogen and oxygen atoms in total.